The molecule has 2 aromatic rings. The van der Waals surface area contributed by atoms with Gasteiger partial charge in [-0.3, -0.25) is 15.2 Å². The number of anilines is 1. The molecule has 0 spiro atoms. The van der Waals surface area contributed by atoms with Crippen LogP contribution in [0.3, 0.4) is 0 Å². The highest BCUT2D eigenvalue weighted by Gasteiger charge is 2.35. The molecule has 0 fully saturated rings. The zero-order valence-electron chi connectivity index (χ0n) is 11.3. The van der Waals surface area contributed by atoms with Crippen LogP contribution in [0.4, 0.5) is 19.1 Å². The molecule has 21 heavy (non-hydrogen) atoms. The lowest BCUT2D eigenvalue weighted by Gasteiger charge is -1.99. The molecule has 2 heterocycles. The van der Waals surface area contributed by atoms with Crippen LogP contribution < -0.4 is 5.32 Å². The molecular formula is C12H13F3N4OS. The van der Waals surface area contributed by atoms with Crippen LogP contribution in [-0.2, 0) is 12.6 Å². The van der Waals surface area contributed by atoms with E-state index in [-0.39, 0.29) is 0 Å². The van der Waals surface area contributed by atoms with E-state index in [1.54, 1.807) is 11.2 Å². The van der Waals surface area contributed by atoms with Crippen molar-refractivity contribution in [1.82, 2.24) is 15.2 Å². The van der Waals surface area contributed by atoms with Crippen molar-refractivity contribution in [2.24, 2.45) is 0 Å². The first kappa shape index (κ1) is 15.5. The summed E-state index contributed by atoms with van der Waals surface area (Å²) in [6.07, 6.45) is -2.81. The summed E-state index contributed by atoms with van der Waals surface area (Å²) in [5.41, 5.74) is 1.07. The van der Waals surface area contributed by atoms with Gasteiger partial charge in [0, 0.05) is 4.88 Å². The zero-order valence-corrected chi connectivity index (χ0v) is 12.2. The second kappa shape index (κ2) is 5.84. The van der Waals surface area contributed by atoms with E-state index in [0.29, 0.717) is 4.88 Å². The minimum absolute atomic E-state index is 0.393. The molecule has 0 aliphatic carbocycles. The summed E-state index contributed by atoms with van der Waals surface area (Å²) in [5, 5.41) is 7.32. The van der Waals surface area contributed by atoms with Crippen LogP contribution >= 0.6 is 11.3 Å². The highest BCUT2D eigenvalue weighted by molar-refractivity contribution is 7.14. The van der Waals surface area contributed by atoms with Gasteiger partial charge in [-0.15, -0.1) is 16.4 Å². The second-order valence-corrected chi connectivity index (χ2v) is 5.66. The van der Waals surface area contributed by atoms with E-state index >= 15 is 0 Å². The Morgan fingerprint density at radius 2 is 2.19 bits per heavy atom. The van der Waals surface area contributed by atoms with Crippen molar-refractivity contribution in [2.45, 2.75) is 32.9 Å². The van der Waals surface area contributed by atoms with Crippen LogP contribution in [0, 0.1) is 6.92 Å². The highest BCUT2D eigenvalue weighted by Crippen LogP contribution is 2.27. The lowest BCUT2D eigenvalue weighted by atomic mass is 10.1. The van der Waals surface area contributed by atoms with E-state index in [2.05, 4.69) is 15.4 Å². The lowest BCUT2D eigenvalue weighted by Crippen LogP contribution is -2.12. The Balaban J connectivity index is 2.11. The summed E-state index contributed by atoms with van der Waals surface area (Å²) in [6.45, 7) is 3.93. The van der Waals surface area contributed by atoms with Gasteiger partial charge in [0.05, 0.1) is 4.88 Å². The Bertz CT molecular complexity index is 647. The van der Waals surface area contributed by atoms with Gasteiger partial charge in [0.15, 0.2) is 0 Å². The predicted octanol–water partition coefficient (Wildman–Crippen LogP) is 3.40. The van der Waals surface area contributed by atoms with Crippen LogP contribution in [0.2, 0.25) is 0 Å². The number of halogens is 3. The number of alkyl halides is 3. The third-order valence-electron chi connectivity index (χ3n) is 2.74. The molecule has 2 N–H and O–H groups in total. The fraction of sp³-hybridized carbons (Fsp3) is 0.417. The van der Waals surface area contributed by atoms with E-state index in [1.165, 1.54) is 11.3 Å². The fourth-order valence-corrected chi connectivity index (χ4v) is 2.72. The van der Waals surface area contributed by atoms with Crippen molar-refractivity contribution in [3.8, 4) is 0 Å². The average molecular weight is 318 g/mol. The summed E-state index contributed by atoms with van der Waals surface area (Å²) < 4.78 is 37.1. The maximum absolute atomic E-state index is 12.4. The van der Waals surface area contributed by atoms with E-state index in [1.807, 2.05) is 13.8 Å². The number of thiophene rings is 1. The largest absolute Gasteiger partial charge is 0.451 e. The van der Waals surface area contributed by atoms with Gasteiger partial charge in [-0.1, -0.05) is 13.3 Å². The van der Waals surface area contributed by atoms with E-state index < -0.39 is 23.9 Å². The van der Waals surface area contributed by atoms with Crippen molar-refractivity contribution >= 4 is 23.2 Å². The molecule has 0 bridgehead atoms. The van der Waals surface area contributed by atoms with E-state index in [0.717, 1.165) is 23.3 Å². The molecule has 0 radical (unpaired) electrons. The quantitative estimate of drug-likeness (QED) is 0.907. The number of H-pyrrole nitrogens is 1. The van der Waals surface area contributed by atoms with Crippen LogP contribution in [0.1, 0.15) is 39.3 Å². The third kappa shape index (κ3) is 3.60. The molecule has 5 nitrogen and oxygen atoms in total. The Kier molecular flexibility index (Phi) is 4.31. The van der Waals surface area contributed by atoms with Gasteiger partial charge in [0.25, 0.3) is 5.91 Å². The number of nitrogens with zero attached hydrogens (tertiary/aromatic N) is 2. The highest BCUT2D eigenvalue weighted by atomic mass is 32.1. The van der Waals surface area contributed by atoms with Gasteiger partial charge < -0.3 is 0 Å². The first-order valence-corrected chi connectivity index (χ1v) is 7.03. The van der Waals surface area contributed by atoms with Crippen LogP contribution in [0.15, 0.2) is 6.07 Å². The summed E-state index contributed by atoms with van der Waals surface area (Å²) in [4.78, 5) is 16.6. The standard InChI is InChI=1S/C12H13F3N4OS/c1-3-4-7-5-8(21-6(7)2)9(20)16-11-17-10(18-19-11)12(13,14)15/h5H,3-4H2,1-2H3,(H2,16,17,18,19,20). The van der Waals surface area contributed by atoms with Crippen LogP contribution in [0.5, 0.6) is 0 Å². The average Bonchev–Trinajstić information content (AvgIpc) is 2.97. The van der Waals surface area contributed by atoms with Gasteiger partial charge in [0.1, 0.15) is 0 Å². The molecule has 0 atom stereocenters. The first-order valence-electron chi connectivity index (χ1n) is 6.21. The number of aromatic amines is 1. The zero-order chi connectivity index (χ0) is 15.6. The van der Waals surface area contributed by atoms with E-state index in [9.17, 15) is 18.0 Å². The van der Waals surface area contributed by atoms with E-state index in [4.69, 9.17) is 0 Å². The monoisotopic (exact) mass is 318 g/mol. The Morgan fingerprint density at radius 1 is 1.48 bits per heavy atom. The number of nitrogens with one attached hydrogen (secondary N) is 2. The Morgan fingerprint density at radius 3 is 2.76 bits per heavy atom. The molecule has 0 aromatic carbocycles. The number of carbonyl (C=O) groups is 1. The fourth-order valence-electron chi connectivity index (χ4n) is 1.76. The molecule has 1 amide bonds. The lowest BCUT2D eigenvalue weighted by molar-refractivity contribution is -0.144. The van der Waals surface area contributed by atoms with Crippen molar-refractivity contribution in [2.75, 3.05) is 5.32 Å². The second-order valence-electron chi connectivity index (χ2n) is 4.40. The number of aryl methyl sites for hydroxylation is 2. The molecule has 9 heteroatoms. The topological polar surface area (TPSA) is 70.7 Å². The van der Waals surface area contributed by atoms with Crippen molar-refractivity contribution in [1.29, 1.82) is 0 Å². The molecular weight excluding hydrogens is 305 g/mol. The number of hydrogen-bond acceptors (Lipinski definition) is 4. The molecule has 0 saturated heterocycles. The minimum Gasteiger partial charge on any atom is -0.288 e. The summed E-state index contributed by atoms with van der Waals surface area (Å²) >= 11 is 1.29. The predicted molar refractivity (Wildman–Crippen MR) is 72.4 cm³/mol. The number of rotatable bonds is 4. The van der Waals surface area contributed by atoms with Crippen LogP contribution in [0.25, 0.3) is 0 Å². The van der Waals surface area contributed by atoms with Crippen molar-refractivity contribution < 1.29 is 18.0 Å². The summed E-state index contributed by atoms with van der Waals surface area (Å²) in [5.74, 6) is -2.15. The normalized spacial score (nSPS) is 11.7. The van der Waals surface area contributed by atoms with Gasteiger partial charge in [-0.05, 0) is 25.0 Å². The summed E-state index contributed by atoms with van der Waals surface area (Å²) in [6, 6.07) is 1.75. The van der Waals surface area contributed by atoms with Crippen molar-refractivity contribution in [3.63, 3.8) is 0 Å². The first-order chi connectivity index (χ1) is 9.81. The van der Waals surface area contributed by atoms with Gasteiger partial charge >= 0.3 is 6.18 Å². The van der Waals surface area contributed by atoms with Gasteiger partial charge in [-0.2, -0.15) is 18.2 Å². The molecule has 114 valence electrons. The Hall–Kier alpha value is -1.90. The number of carbonyl (C=O) groups excluding carboxylic acids is 1. The Labute approximate surface area is 122 Å². The molecule has 2 aromatic heterocycles. The minimum atomic E-state index is -4.62. The summed E-state index contributed by atoms with van der Waals surface area (Å²) in [7, 11) is 0. The molecule has 0 aliphatic heterocycles. The SMILES string of the molecule is CCCc1cc(C(=O)Nc2n[nH]c(C(F)(F)F)n2)sc1C. The number of hydrogen-bond donors (Lipinski definition) is 2. The molecule has 0 unspecified atom stereocenters. The maximum Gasteiger partial charge on any atom is 0.451 e. The maximum atomic E-state index is 12.4. The third-order valence-corrected chi connectivity index (χ3v) is 3.83. The van der Waals surface area contributed by atoms with Gasteiger partial charge in [0.2, 0.25) is 11.8 Å². The van der Waals surface area contributed by atoms with Crippen LogP contribution in [-0.4, -0.2) is 21.1 Å². The van der Waals surface area contributed by atoms with Gasteiger partial charge in [-0.25, -0.2) is 0 Å². The molecule has 2 rings (SSSR count). The van der Waals surface area contributed by atoms with Crippen molar-refractivity contribution in [3.05, 3.63) is 27.2 Å². The molecule has 0 aliphatic rings. The molecule has 0 saturated carbocycles. The number of amides is 1. The number of aromatic nitrogens is 3. The smallest absolute Gasteiger partial charge is 0.288 e.